The van der Waals surface area contributed by atoms with Crippen LogP contribution in [0.4, 0.5) is 0 Å². The summed E-state index contributed by atoms with van der Waals surface area (Å²) in [6, 6.07) is 4.21. The Hall–Kier alpha value is -1.42. The molecule has 0 saturated carbocycles. The third-order valence-electron chi connectivity index (χ3n) is 3.28. The molecule has 2 rings (SSSR count). The van der Waals surface area contributed by atoms with Crippen LogP contribution < -0.4 is 10.6 Å². The molecule has 2 N–H and O–H groups in total. The van der Waals surface area contributed by atoms with Gasteiger partial charge < -0.3 is 15.2 Å². The molecule has 0 amide bonds. The number of hydrogen-bond acceptors (Lipinski definition) is 4. The fourth-order valence-electron chi connectivity index (χ4n) is 2.11. The molecular weight excluding hydrogens is 435 g/mol. The number of nitrogens with zero attached hydrogens (tertiary/aromatic N) is 4. The van der Waals surface area contributed by atoms with Crippen LogP contribution in [0.5, 0.6) is 0 Å². The van der Waals surface area contributed by atoms with E-state index in [-0.39, 0.29) is 24.0 Å². The van der Waals surface area contributed by atoms with Crippen LogP contribution in [0.25, 0.3) is 0 Å². The van der Waals surface area contributed by atoms with Crippen molar-refractivity contribution < 1.29 is 0 Å². The van der Waals surface area contributed by atoms with Crippen molar-refractivity contribution in [3.8, 4) is 0 Å². The summed E-state index contributed by atoms with van der Waals surface area (Å²) in [6.07, 6.45) is 5.44. The molecule has 0 unspecified atom stereocenters. The fourth-order valence-corrected chi connectivity index (χ4v) is 2.81. The Bertz CT molecular complexity index is 608. The first kappa shape index (κ1) is 20.6. The van der Waals surface area contributed by atoms with E-state index in [1.807, 2.05) is 6.08 Å². The van der Waals surface area contributed by atoms with Gasteiger partial charge in [0, 0.05) is 43.9 Å². The van der Waals surface area contributed by atoms with Gasteiger partial charge in [0.25, 0.3) is 0 Å². The van der Waals surface area contributed by atoms with Gasteiger partial charge in [-0.2, -0.15) is 0 Å². The molecule has 0 atom stereocenters. The summed E-state index contributed by atoms with van der Waals surface area (Å²) in [5.74, 6) is 1.81. The summed E-state index contributed by atoms with van der Waals surface area (Å²) >= 11 is 1.77. The van der Waals surface area contributed by atoms with Gasteiger partial charge in [0.2, 0.25) is 0 Å². The number of guanidine groups is 1. The minimum Gasteiger partial charge on any atom is -0.355 e. The predicted octanol–water partition coefficient (Wildman–Crippen LogP) is 2.48. The first-order valence-corrected chi connectivity index (χ1v) is 8.73. The molecule has 2 aromatic heterocycles. The molecule has 0 aliphatic rings. The molecule has 2 heterocycles. The molecule has 0 aromatic carbocycles. The van der Waals surface area contributed by atoms with Crippen LogP contribution in [-0.4, -0.2) is 40.4 Å². The monoisotopic (exact) mass is 460 g/mol. The second kappa shape index (κ2) is 12.0. The van der Waals surface area contributed by atoms with Crippen LogP contribution in [-0.2, 0) is 19.4 Å². The van der Waals surface area contributed by atoms with Gasteiger partial charge in [-0.1, -0.05) is 19.1 Å². The Labute approximate surface area is 164 Å². The first-order valence-electron chi connectivity index (χ1n) is 7.85. The van der Waals surface area contributed by atoms with Crippen LogP contribution in [0.15, 0.2) is 41.5 Å². The first-order chi connectivity index (χ1) is 11.3. The Morgan fingerprint density at radius 1 is 1.46 bits per heavy atom. The second-order valence-electron chi connectivity index (χ2n) is 4.95. The largest absolute Gasteiger partial charge is 0.355 e. The molecule has 2 aromatic rings. The SMILES string of the molecule is C=CCNC(=NCCc1cccs1)NCCn1cnnc1CC.I. The summed E-state index contributed by atoms with van der Waals surface area (Å²) in [5.41, 5.74) is 0. The average Bonchev–Trinajstić information content (AvgIpc) is 3.23. The average molecular weight is 460 g/mol. The van der Waals surface area contributed by atoms with Gasteiger partial charge in [-0.25, -0.2) is 0 Å². The number of aliphatic imine (C=N–C) groups is 1. The van der Waals surface area contributed by atoms with E-state index in [1.165, 1.54) is 4.88 Å². The van der Waals surface area contributed by atoms with Crippen LogP contribution in [0.3, 0.4) is 0 Å². The number of halogens is 1. The maximum atomic E-state index is 4.61. The number of hydrogen-bond donors (Lipinski definition) is 2. The zero-order valence-electron chi connectivity index (χ0n) is 13.9. The number of nitrogens with one attached hydrogen (secondary N) is 2. The maximum Gasteiger partial charge on any atom is 0.191 e. The lowest BCUT2D eigenvalue weighted by molar-refractivity contribution is 0.633. The van der Waals surface area contributed by atoms with Crippen molar-refractivity contribution in [3.63, 3.8) is 0 Å². The number of rotatable bonds is 9. The van der Waals surface area contributed by atoms with Crippen molar-refractivity contribution in [3.05, 3.63) is 47.2 Å². The number of aryl methyl sites for hydroxylation is 1. The van der Waals surface area contributed by atoms with Crippen LogP contribution >= 0.6 is 35.3 Å². The summed E-state index contributed by atoms with van der Waals surface area (Å²) in [6.45, 7) is 8.86. The van der Waals surface area contributed by atoms with Gasteiger partial charge in [0.15, 0.2) is 5.96 Å². The van der Waals surface area contributed by atoms with Crippen LogP contribution in [0, 0.1) is 0 Å². The van der Waals surface area contributed by atoms with Gasteiger partial charge in [0.1, 0.15) is 12.2 Å². The highest BCUT2D eigenvalue weighted by atomic mass is 127. The smallest absolute Gasteiger partial charge is 0.191 e. The molecule has 24 heavy (non-hydrogen) atoms. The minimum absolute atomic E-state index is 0. The molecule has 0 fully saturated rings. The molecule has 0 bridgehead atoms. The topological polar surface area (TPSA) is 67.1 Å². The standard InChI is InChI=1S/C16H24N6S.HI/c1-3-8-17-16(18-9-7-14-6-5-12-23-14)19-10-11-22-13-20-21-15(22)4-2;/h3,5-6,12-13H,1,4,7-11H2,2H3,(H2,17,18,19);1H. The molecule has 0 spiro atoms. The Kier molecular flexibility index (Phi) is 10.3. The van der Waals surface area contributed by atoms with Crippen molar-refractivity contribution in [1.29, 1.82) is 0 Å². The quantitative estimate of drug-likeness (QED) is 0.261. The molecule has 0 radical (unpaired) electrons. The van der Waals surface area contributed by atoms with E-state index in [1.54, 1.807) is 17.7 Å². The lowest BCUT2D eigenvalue weighted by Crippen LogP contribution is -2.39. The van der Waals surface area contributed by atoms with Gasteiger partial charge >= 0.3 is 0 Å². The van der Waals surface area contributed by atoms with Gasteiger partial charge in [-0.05, 0) is 11.4 Å². The predicted molar refractivity (Wildman–Crippen MR) is 111 cm³/mol. The van der Waals surface area contributed by atoms with E-state index in [0.29, 0.717) is 6.54 Å². The Morgan fingerprint density at radius 2 is 2.33 bits per heavy atom. The molecule has 6 nitrogen and oxygen atoms in total. The highest BCUT2D eigenvalue weighted by molar-refractivity contribution is 14.0. The zero-order chi connectivity index (χ0) is 16.3. The summed E-state index contributed by atoms with van der Waals surface area (Å²) in [7, 11) is 0. The van der Waals surface area contributed by atoms with Crippen molar-refractivity contribution in [2.24, 2.45) is 4.99 Å². The highest BCUT2D eigenvalue weighted by Crippen LogP contribution is 2.08. The summed E-state index contributed by atoms with van der Waals surface area (Å²) < 4.78 is 2.06. The van der Waals surface area contributed by atoms with Gasteiger partial charge in [-0.15, -0.1) is 52.1 Å². The minimum atomic E-state index is 0. The number of thiophene rings is 1. The van der Waals surface area contributed by atoms with E-state index in [9.17, 15) is 0 Å². The van der Waals surface area contributed by atoms with Crippen LogP contribution in [0.1, 0.15) is 17.6 Å². The molecule has 0 saturated heterocycles. The molecule has 0 aliphatic heterocycles. The third kappa shape index (κ3) is 7.00. The van der Waals surface area contributed by atoms with E-state index < -0.39 is 0 Å². The maximum absolute atomic E-state index is 4.61. The number of aromatic nitrogens is 3. The highest BCUT2D eigenvalue weighted by Gasteiger charge is 2.02. The third-order valence-corrected chi connectivity index (χ3v) is 4.22. The molecule has 132 valence electrons. The van der Waals surface area contributed by atoms with Crippen molar-refractivity contribution in [2.75, 3.05) is 19.6 Å². The fraction of sp³-hybridized carbons (Fsp3) is 0.438. The molecular formula is C16H25IN6S. The second-order valence-corrected chi connectivity index (χ2v) is 5.98. The van der Waals surface area contributed by atoms with Crippen LogP contribution in [0.2, 0.25) is 0 Å². The summed E-state index contributed by atoms with van der Waals surface area (Å²) in [4.78, 5) is 5.97. The van der Waals surface area contributed by atoms with E-state index in [0.717, 1.165) is 44.3 Å². The Balaban J connectivity index is 0.00000288. The van der Waals surface area contributed by atoms with Gasteiger partial charge in [0.05, 0.1) is 0 Å². The van der Waals surface area contributed by atoms with Crippen molar-refractivity contribution in [2.45, 2.75) is 26.3 Å². The zero-order valence-corrected chi connectivity index (χ0v) is 17.1. The van der Waals surface area contributed by atoms with E-state index in [4.69, 9.17) is 0 Å². The normalized spacial score (nSPS) is 11.0. The van der Waals surface area contributed by atoms with E-state index >= 15 is 0 Å². The Morgan fingerprint density at radius 3 is 3.04 bits per heavy atom. The van der Waals surface area contributed by atoms with Crippen molar-refractivity contribution >= 4 is 41.3 Å². The van der Waals surface area contributed by atoms with Crippen molar-refractivity contribution in [1.82, 2.24) is 25.4 Å². The summed E-state index contributed by atoms with van der Waals surface area (Å²) in [5, 5.41) is 16.7. The van der Waals surface area contributed by atoms with E-state index in [2.05, 4.69) is 61.4 Å². The lowest BCUT2D eigenvalue weighted by Gasteiger charge is -2.12. The lowest BCUT2D eigenvalue weighted by atomic mass is 10.3. The molecule has 0 aliphatic carbocycles. The van der Waals surface area contributed by atoms with Gasteiger partial charge in [-0.3, -0.25) is 4.99 Å². The molecule has 8 heteroatoms.